The van der Waals surface area contributed by atoms with E-state index in [0.717, 1.165) is 12.8 Å². The Labute approximate surface area is 119 Å². The highest BCUT2D eigenvalue weighted by Crippen LogP contribution is 2.19. The molecule has 112 valence electrons. The van der Waals surface area contributed by atoms with E-state index in [0.29, 0.717) is 18.2 Å². The van der Waals surface area contributed by atoms with E-state index >= 15 is 0 Å². The summed E-state index contributed by atoms with van der Waals surface area (Å²) in [4.78, 5) is 12.4. The normalized spacial score (nSPS) is 12.9. The van der Waals surface area contributed by atoms with Crippen molar-refractivity contribution in [3.8, 4) is 0 Å². The first-order valence-electron chi connectivity index (χ1n) is 6.39. The van der Waals surface area contributed by atoms with Gasteiger partial charge in [-0.2, -0.15) is 0 Å². The topological polar surface area (TPSA) is 101 Å². The van der Waals surface area contributed by atoms with Crippen molar-refractivity contribution in [3.05, 3.63) is 24.3 Å². The number of amides is 1. The highest BCUT2D eigenvalue weighted by molar-refractivity contribution is 7.89. The predicted molar refractivity (Wildman–Crippen MR) is 77.3 cm³/mol. The first kappa shape index (κ1) is 16.5. The highest BCUT2D eigenvalue weighted by Gasteiger charge is 2.16. The number of benzene rings is 1. The van der Waals surface area contributed by atoms with Gasteiger partial charge in [0.1, 0.15) is 0 Å². The molecular formula is C13H20N2O4S. The molecule has 0 saturated carbocycles. The average molecular weight is 300 g/mol. The smallest absolute Gasteiger partial charge is 0.411 e. The summed E-state index contributed by atoms with van der Waals surface area (Å²) in [6.07, 6.45) is 0.675. The predicted octanol–water partition coefficient (Wildman–Crippen LogP) is 2.25. The van der Waals surface area contributed by atoms with Gasteiger partial charge in [-0.3, -0.25) is 4.90 Å². The molecule has 1 rings (SSSR count). The third-order valence-electron chi connectivity index (χ3n) is 3.25. The standard InChI is InChI=1S/C13H20N2O4S/c1-3-10(2)8-9-15(13(16)17)11-4-6-12(7-5-11)20(14,18)19/h4-7,10H,3,8-9H2,1-2H3,(H,16,17)(H2,14,18,19). The van der Waals surface area contributed by atoms with Gasteiger partial charge in [-0.15, -0.1) is 0 Å². The molecule has 7 heteroatoms. The zero-order chi connectivity index (χ0) is 15.3. The monoisotopic (exact) mass is 300 g/mol. The number of nitrogens with zero attached hydrogens (tertiary/aromatic N) is 1. The molecular weight excluding hydrogens is 280 g/mol. The van der Waals surface area contributed by atoms with Crippen LogP contribution >= 0.6 is 0 Å². The van der Waals surface area contributed by atoms with Crippen LogP contribution in [0.5, 0.6) is 0 Å². The molecule has 0 aliphatic heterocycles. The molecule has 1 aromatic carbocycles. The summed E-state index contributed by atoms with van der Waals surface area (Å²) in [6, 6.07) is 5.52. The highest BCUT2D eigenvalue weighted by atomic mass is 32.2. The Kier molecular flexibility index (Phi) is 5.52. The zero-order valence-electron chi connectivity index (χ0n) is 11.6. The number of sulfonamides is 1. The Morgan fingerprint density at radius 3 is 2.30 bits per heavy atom. The third-order valence-corrected chi connectivity index (χ3v) is 4.18. The minimum atomic E-state index is -3.76. The summed E-state index contributed by atoms with van der Waals surface area (Å²) in [5.41, 5.74) is 0.438. The van der Waals surface area contributed by atoms with E-state index in [1.54, 1.807) is 0 Å². The fourth-order valence-electron chi connectivity index (χ4n) is 1.70. The molecule has 0 bridgehead atoms. The maximum absolute atomic E-state index is 11.3. The number of hydrogen-bond acceptors (Lipinski definition) is 3. The lowest BCUT2D eigenvalue weighted by atomic mass is 10.1. The van der Waals surface area contributed by atoms with Gasteiger partial charge in [0.15, 0.2) is 0 Å². The maximum atomic E-state index is 11.3. The zero-order valence-corrected chi connectivity index (χ0v) is 12.4. The lowest BCUT2D eigenvalue weighted by Gasteiger charge is -2.21. The van der Waals surface area contributed by atoms with Crippen molar-refractivity contribution < 1.29 is 18.3 Å². The van der Waals surface area contributed by atoms with Crippen LogP contribution in [0.3, 0.4) is 0 Å². The minimum absolute atomic E-state index is 0.0338. The van der Waals surface area contributed by atoms with Crippen LogP contribution < -0.4 is 10.0 Å². The third kappa shape index (κ3) is 4.50. The number of anilines is 1. The van der Waals surface area contributed by atoms with E-state index in [-0.39, 0.29) is 4.90 Å². The number of rotatable bonds is 6. The SMILES string of the molecule is CCC(C)CCN(C(=O)O)c1ccc(S(N)(=O)=O)cc1. The summed E-state index contributed by atoms with van der Waals surface area (Å²) in [7, 11) is -3.76. The molecule has 0 fully saturated rings. The van der Waals surface area contributed by atoms with Gasteiger partial charge >= 0.3 is 6.09 Å². The van der Waals surface area contributed by atoms with Crippen molar-refractivity contribution in [2.75, 3.05) is 11.4 Å². The summed E-state index contributed by atoms with van der Waals surface area (Å²) >= 11 is 0. The molecule has 1 unspecified atom stereocenters. The van der Waals surface area contributed by atoms with Crippen molar-refractivity contribution in [1.29, 1.82) is 0 Å². The molecule has 3 N–H and O–H groups in total. The molecule has 0 spiro atoms. The van der Waals surface area contributed by atoms with Crippen molar-refractivity contribution in [2.24, 2.45) is 11.1 Å². The van der Waals surface area contributed by atoms with Gasteiger partial charge in [-0.25, -0.2) is 18.4 Å². The Bertz CT molecular complexity index is 554. The molecule has 6 nitrogen and oxygen atoms in total. The Morgan fingerprint density at radius 1 is 1.35 bits per heavy atom. The lowest BCUT2D eigenvalue weighted by molar-refractivity contribution is 0.201. The fourth-order valence-corrected chi connectivity index (χ4v) is 2.22. The maximum Gasteiger partial charge on any atom is 0.411 e. The van der Waals surface area contributed by atoms with Gasteiger partial charge in [0.25, 0.3) is 0 Å². The molecule has 0 radical (unpaired) electrons. The Hall–Kier alpha value is -1.60. The molecule has 0 aliphatic rings. The first-order valence-corrected chi connectivity index (χ1v) is 7.93. The van der Waals surface area contributed by atoms with E-state index in [1.165, 1.54) is 29.2 Å². The van der Waals surface area contributed by atoms with Gasteiger partial charge in [0.05, 0.1) is 4.90 Å². The van der Waals surface area contributed by atoms with Crippen LogP contribution in [0.1, 0.15) is 26.7 Å². The molecule has 0 aliphatic carbocycles. The quantitative estimate of drug-likeness (QED) is 0.841. The van der Waals surface area contributed by atoms with Crippen LogP contribution in [0.4, 0.5) is 10.5 Å². The molecule has 1 amide bonds. The molecule has 20 heavy (non-hydrogen) atoms. The molecule has 0 heterocycles. The number of primary sulfonamides is 1. The molecule has 1 atom stereocenters. The van der Waals surface area contributed by atoms with E-state index < -0.39 is 16.1 Å². The number of hydrogen-bond donors (Lipinski definition) is 2. The van der Waals surface area contributed by atoms with Crippen LogP contribution in [0.2, 0.25) is 0 Å². The second-order valence-corrected chi connectivity index (χ2v) is 6.34. The van der Waals surface area contributed by atoms with Gasteiger partial charge in [0, 0.05) is 12.2 Å². The van der Waals surface area contributed by atoms with Crippen LogP contribution in [0.25, 0.3) is 0 Å². The van der Waals surface area contributed by atoms with E-state index in [4.69, 9.17) is 5.14 Å². The summed E-state index contributed by atoms with van der Waals surface area (Å²) in [5, 5.41) is 14.2. The van der Waals surface area contributed by atoms with Gasteiger partial charge in [-0.1, -0.05) is 20.3 Å². The number of carboxylic acid groups (broad SMARTS) is 1. The lowest BCUT2D eigenvalue weighted by Crippen LogP contribution is -2.31. The minimum Gasteiger partial charge on any atom is -0.465 e. The summed E-state index contributed by atoms with van der Waals surface area (Å²) < 4.78 is 22.3. The molecule has 0 aromatic heterocycles. The molecule has 1 aromatic rings. The Morgan fingerprint density at radius 2 is 1.90 bits per heavy atom. The van der Waals surface area contributed by atoms with Crippen molar-refractivity contribution >= 4 is 21.8 Å². The summed E-state index contributed by atoms with van der Waals surface area (Å²) in [6.45, 7) is 4.49. The van der Waals surface area contributed by atoms with Gasteiger partial charge in [-0.05, 0) is 36.6 Å². The summed E-state index contributed by atoms with van der Waals surface area (Å²) in [5.74, 6) is 0.431. The Balaban J connectivity index is 2.90. The van der Waals surface area contributed by atoms with Crippen LogP contribution in [-0.2, 0) is 10.0 Å². The van der Waals surface area contributed by atoms with Crippen molar-refractivity contribution in [2.45, 2.75) is 31.6 Å². The average Bonchev–Trinajstić information content (AvgIpc) is 2.37. The molecule has 0 saturated heterocycles. The van der Waals surface area contributed by atoms with Gasteiger partial charge < -0.3 is 5.11 Å². The second-order valence-electron chi connectivity index (χ2n) is 4.78. The van der Waals surface area contributed by atoms with Crippen LogP contribution in [0.15, 0.2) is 29.2 Å². The van der Waals surface area contributed by atoms with Crippen LogP contribution in [-0.4, -0.2) is 26.2 Å². The largest absolute Gasteiger partial charge is 0.465 e. The first-order chi connectivity index (χ1) is 9.25. The second kappa shape index (κ2) is 6.71. The number of nitrogens with two attached hydrogens (primary N) is 1. The van der Waals surface area contributed by atoms with E-state index in [9.17, 15) is 18.3 Å². The van der Waals surface area contributed by atoms with Gasteiger partial charge in [0.2, 0.25) is 10.0 Å². The van der Waals surface area contributed by atoms with Crippen molar-refractivity contribution in [3.63, 3.8) is 0 Å². The fraction of sp³-hybridized carbons (Fsp3) is 0.462. The van der Waals surface area contributed by atoms with E-state index in [1.807, 2.05) is 0 Å². The van der Waals surface area contributed by atoms with Crippen molar-refractivity contribution in [1.82, 2.24) is 0 Å². The van der Waals surface area contributed by atoms with Crippen LogP contribution in [0, 0.1) is 5.92 Å². The number of carbonyl (C=O) groups is 1. The van der Waals surface area contributed by atoms with E-state index in [2.05, 4.69) is 13.8 Å².